The highest BCUT2D eigenvalue weighted by molar-refractivity contribution is 5.85. The summed E-state index contributed by atoms with van der Waals surface area (Å²) < 4.78 is 7.00. The zero-order valence-electron chi connectivity index (χ0n) is 16.8. The van der Waals surface area contributed by atoms with Crippen molar-refractivity contribution >= 4 is 28.1 Å². The van der Waals surface area contributed by atoms with E-state index in [1.165, 1.54) is 6.33 Å². The molecular formula is C23H21N5O2. The smallest absolute Gasteiger partial charge is 0.280 e. The number of ether oxygens (including phenoxy) is 1. The molecule has 0 saturated heterocycles. The zero-order chi connectivity index (χ0) is 20.7. The van der Waals surface area contributed by atoms with Crippen molar-refractivity contribution in [2.24, 2.45) is 0 Å². The Bertz CT molecular complexity index is 1310. The molecule has 30 heavy (non-hydrogen) atoms. The summed E-state index contributed by atoms with van der Waals surface area (Å²) in [6.45, 7) is 3.50. The van der Waals surface area contributed by atoms with Gasteiger partial charge in [0.15, 0.2) is 5.65 Å². The summed E-state index contributed by atoms with van der Waals surface area (Å²) in [5, 5.41) is 4.25. The van der Waals surface area contributed by atoms with Crippen LogP contribution < -0.4 is 20.5 Å². The Labute approximate surface area is 173 Å². The van der Waals surface area contributed by atoms with Crippen molar-refractivity contribution in [3.05, 3.63) is 77.0 Å². The maximum atomic E-state index is 13.8. The fourth-order valence-corrected chi connectivity index (χ4v) is 4.00. The molecule has 0 radical (unpaired) electrons. The summed E-state index contributed by atoms with van der Waals surface area (Å²) in [5.74, 6) is 0.676. The van der Waals surface area contributed by atoms with Gasteiger partial charge in [-0.25, -0.2) is 9.97 Å². The SMILES string of the molecule is COc1cccc(-n2c(=O)c(N3CCNc4c(C)cccc43)cc3cncnc32)c1. The Kier molecular flexibility index (Phi) is 4.35. The first-order valence-electron chi connectivity index (χ1n) is 9.78. The van der Waals surface area contributed by atoms with E-state index in [2.05, 4.69) is 33.2 Å². The second-order valence-corrected chi connectivity index (χ2v) is 7.22. The molecule has 0 amide bonds. The molecule has 1 aliphatic heterocycles. The van der Waals surface area contributed by atoms with Gasteiger partial charge in [0, 0.05) is 30.7 Å². The topological polar surface area (TPSA) is 72.3 Å². The highest BCUT2D eigenvalue weighted by atomic mass is 16.5. The predicted molar refractivity (Wildman–Crippen MR) is 118 cm³/mol. The lowest BCUT2D eigenvalue weighted by molar-refractivity contribution is 0.414. The average molecular weight is 399 g/mol. The summed E-state index contributed by atoms with van der Waals surface area (Å²) in [5.41, 5.74) is 4.91. The van der Waals surface area contributed by atoms with Gasteiger partial charge in [-0.15, -0.1) is 0 Å². The molecule has 0 aliphatic carbocycles. The second kappa shape index (κ2) is 7.18. The van der Waals surface area contributed by atoms with E-state index in [-0.39, 0.29) is 5.56 Å². The van der Waals surface area contributed by atoms with Gasteiger partial charge in [0.2, 0.25) is 0 Å². The van der Waals surface area contributed by atoms with Crippen LogP contribution in [-0.2, 0) is 0 Å². The Hall–Kier alpha value is -3.87. The quantitative estimate of drug-likeness (QED) is 0.567. The number of pyridine rings is 1. The Morgan fingerprint density at radius 3 is 2.83 bits per heavy atom. The number of benzene rings is 2. The van der Waals surface area contributed by atoms with Gasteiger partial charge in [0.05, 0.1) is 24.2 Å². The fourth-order valence-electron chi connectivity index (χ4n) is 4.00. The number of methoxy groups -OCH3 is 1. The summed E-state index contributed by atoms with van der Waals surface area (Å²) in [7, 11) is 1.61. The van der Waals surface area contributed by atoms with E-state index in [1.54, 1.807) is 17.9 Å². The molecule has 1 aliphatic rings. The molecule has 150 valence electrons. The molecule has 4 aromatic rings. The lowest BCUT2D eigenvalue weighted by atomic mass is 10.1. The molecule has 5 rings (SSSR count). The molecule has 0 bridgehead atoms. The largest absolute Gasteiger partial charge is 0.497 e. The van der Waals surface area contributed by atoms with Crippen molar-refractivity contribution < 1.29 is 4.74 Å². The number of hydrogen-bond donors (Lipinski definition) is 1. The van der Waals surface area contributed by atoms with Crippen LogP contribution in [0, 0.1) is 6.92 Å². The van der Waals surface area contributed by atoms with Crippen molar-refractivity contribution in [3.63, 3.8) is 0 Å². The van der Waals surface area contributed by atoms with Crippen LogP contribution in [0.15, 0.2) is 65.8 Å². The lowest BCUT2D eigenvalue weighted by Crippen LogP contribution is -2.35. The maximum absolute atomic E-state index is 13.8. The summed E-state index contributed by atoms with van der Waals surface area (Å²) in [6.07, 6.45) is 3.20. The van der Waals surface area contributed by atoms with Gasteiger partial charge in [-0.2, -0.15) is 0 Å². The van der Waals surface area contributed by atoms with Gasteiger partial charge in [0.1, 0.15) is 17.8 Å². The first-order chi connectivity index (χ1) is 14.7. The van der Waals surface area contributed by atoms with Crippen molar-refractivity contribution in [2.75, 3.05) is 30.4 Å². The standard InChI is InChI=1S/C23H21N5O2/c1-15-5-3-8-19-21(15)25-9-10-27(19)20-11-16-13-24-14-26-22(16)28(23(20)29)17-6-4-7-18(12-17)30-2/h3-8,11-14,25H,9-10H2,1-2H3. The maximum Gasteiger partial charge on any atom is 0.280 e. The van der Waals surface area contributed by atoms with Crippen LogP contribution in [0.4, 0.5) is 17.1 Å². The second-order valence-electron chi connectivity index (χ2n) is 7.22. The number of aryl methyl sites for hydroxylation is 1. The molecule has 0 spiro atoms. The number of hydrogen-bond acceptors (Lipinski definition) is 6. The van der Waals surface area contributed by atoms with Gasteiger partial charge in [-0.3, -0.25) is 9.36 Å². The Balaban J connectivity index is 1.79. The molecule has 0 fully saturated rings. The molecule has 0 saturated carbocycles. The third-order valence-electron chi connectivity index (χ3n) is 5.43. The minimum absolute atomic E-state index is 0.135. The molecule has 7 nitrogen and oxygen atoms in total. The van der Waals surface area contributed by atoms with E-state index in [4.69, 9.17) is 4.74 Å². The van der Waals surface area contributed by atoms with Crippen molar-refractivity contribution in [2.45, 2.75) is 6.92 Å². The van der Waals surface area contributed by atoms with Crippen LogP contribution in [0.2, 0.25) is 0 Å². The molecule has 2 aromatic heterocycles. The van der Waals surface area contributed by atoms with Gasteiger partial charge in [-0.1, -0.05) is 18.2 Å². The van der Waals surface area contributed by atoms with E-state index in [0.29, 0.717) is 29.3 Å². The van der Waals surface area contributed by atoms with Crippen LogP contribution in [-0.4, -0.2) is 34.7 Å². The Morgan fingerprint density at radius 1 is 1.10 bits per heavy atom. The van der Waals surface area contributed by atoms with E-state index in [0.717, 1.165) is 28.9 Å². The summed E-state index contributed by atoms with van der Waals surface area (Å²) in [4.78, 5) is 24.4. The lowest BCUT2D eigenvalue weighted by Gasteiger charge is -2.33. The van der Waals surface area contributed by atoms with Crippen LogP contribution in [0.1, 0.15) is 5.56 Å². The highest BCUT2D eigenvalue weighted by Crippen LogP contribution is 2.36. The molecule has 3 heterocycles. The van der Waals surface area contributed by atoms with Crippen LogP contribution in [0.3, 0.4) is 0 Å². The normalized spacial score (nSPS) is 13.1. The number of para-hydroxylation sites is 1. The third kappa shape index (κ3) is 2.86. The molecule has 2 aromatic carbocycles. The minimum atomic E-state index is -0.135. The monoisotopic (exact) mass is 399 g/mol. The number of rotatable bonds is 3. The molecular weight excluding hydrogens is 378 g/mol. The average Bonchev–Trinajstić information content (AvgIpc) is 2.79. The van der Waals surface area contributed by atoms with E-state index < -0.39 is 0 Å². The Morgan fingerprint density at radius 2 is 1.97 bits per heavy atom. The number of aromatic nitrogens is 3. The highest BCUT2D eigenvalue weighted by Gasteiger charge is 2.23. The van der Waals surface area contributed by atoms with E-state index in [9.17, 15) is 4.79 Å². The predicted octanol–water partition coefficient (Wildman–Crippen LogP) is 3.66. The summed E-state index contributed by atoms with van der Waals surface area (Å²) >= 11 is 0. The number of nitrogens with zero attached hydrogens (tertiary/aromatic N) is 4. The van der Waals surface area contributed by atoms with Crippen LogP contribution in [0.25, 0.3) is 16.7 Å². The molecule has 7 heteroatoms. The molecule has 1 N–H and O–H groups in total. The first-order valence-corrected chi connectivity index (χ1v) is 9.78. The number of nitrogens with one attached hydrogen (secondary N) is 1. The van der Waals surface area contributed by atoms with Crippen molar-refractivity contribution in [1.82, 2.24) is 14.5 Å². The van der Waals surface area contributed by atoms with E-state index in [1.807, 2.05) is 42.5 Å². The van der Waals surface area contributed by atoms with E-state index >= 15 is 0 Å². The first kappa shape index (κ1) is 18.2. The van der Waals surface area contributed by atoms with Crippen molar-refractivity contribution in [3.8, 4) is 11.4 Å². The van der Waals surface area contributed by atoms with Crippen LogP contribution in [0.5, 0.6) is 5.75 Å². The van der Waals surface area contributed by atoms with Crippen molar-refractivity contribution in [1.29, 1.82) is 0 Å². The van der Waals surface area contributed by atoms with Gasteiger partial charge in [-0.05, 0) is 36.8 Å². The molecule has 0 unspecified atom stereocenters. The van der Waals surface area contributed by atoms with Gasteiger partial charge >= 0.3 is 0 Å². The molecule has 0 atom stereocenters. The minimum Gasteiger partial charge on any atom is -0.497 e. The number of anilines is 3. The van der Waals surface area contributed by atoms with Gasteiger partial charge in [0.25, 0.3) is 5.56 Å². The number of fused-ring (bicyclic) bond motifs is 2. The fraction of sp³-hybridized carbons (Fsp3) is 0.174. The summed E-state index contributed by atoms with van der Waals surface area (Å²) in [6, 6.07) is 15.4. The van der Waals surface area contributed by atoms with Crippen LogP contribution >= 0.6 is 0 Å². The zero-order valence-corrected chi connectivity index (χ0v) is 16.8. The van der Waals surface area contributed by atoms with Gasteiger partial charge < -0.3 is 15.0 Å². The third-order valence-corrected chi connectivity index (χ3v) is 5.43.